The third-order valence-electron chi connectivity index (χ3n) is 4.06. The molecule has 5 heteroatoms. The van der Waals surface area contributed by atoms with Crippen LogP contribution < -0.4 is 11.1 Å². The Balaban J connectivity index is 2.82. The molecule has 0 unspecified atom stereocenters. The highest BCUT2D eigenvalue weighted by atomic mass is 16.5. The van der Waals surface area contributed by atoms with Gasteiger partial charge in [0.25, 0.3) is 0 Å². The molecule has 3 N–H and O–H groups in total. The van der Waals surface area contributed by atoms with Gasteiger partial charge < -0.3 is 15.8 Å². The molecule has 0 aliphatic heterocycles. The van der Waals surface area contributed by atoms with Crippen molar-refractivity contribution in [3.05, 3.63) is 29.8 Å². The molecule has 1 aromatic rings. The van der Waals surface area contributed by atoms with Crippen LogP contribution >= 0.6 is 0 Å². The fourth-order valence-corrected chi connectivity index (χ4v) is 2.35. The summed E-state index contributed by atoms with van der Waals surface area (Å²) in [6, 6.07) is 7.25. The molecular formula is C17H26N2O3. The van der Waals surface area contributed by atoms with Crippen LogP contribution in [0.25, 0.3) is 0 Å². The molecular weight excluding hydrogens is 280 g/mol. The van der Waals surface area contributed by atoms with Crippen LogP contribution in [0.1, 0.15) is 39.2 Å². The molecule has 1 rings (SSSR count). The fourth-order valence-electron chi connectivity index (χ4n) is 2.35. The van der Waals surface area contributed by atoms with E-state index in [0.717, 1.165) is 5.56 Å². The molecule has 0 heterocycles. The average molecular weight is 306 g/mol. The Morgan fingerprint density at radius 2 is 1.91 bits per heavy atom. The quantitative estimate of drug-likeness (QED) is 0.723. The van der Waals surface area contributed by atoms with Gasteiger partial charge >= 0.3 is 5.97 Å². The molecule has 0 spiro atoms. The van der Waals surface area contributed by atoms with E-state index in [-0.39, 0.29) is 18.3 Å². The largest absolute Gasteiger partial charge is 0.466 e. The van der Waals surface area contributed by atoms with Crippen LogP contribution in [-0.2, 0) is 20.7 Å². The molecule has 0 saturated heterocycles. The summed E-state index contributed by atoms with van der Waals surface area (Å²) >= 11 is 0. The molecule has 0 radical (unpaired) electrons. The van der Waals surface area contributed by atoms with E-state index in [2.05, 4.69) is 5.32 Å². The zero-order valence-electron chi connectivity index (χ0n) is 13.6. The van der Waals surface area contributed by atoms with Gasteiger partial charge in [-0.25, -0.2) is 0 Å². The number of carbonyl (C=O) groups is 2. The highest BCUT2D eigenvalue weighted by molar-refractivity contribution is 5.95. The molecule has 122 valence electrons. The van der Waals surface area contributed by atoms with Crippen molar-refractivity contribution in [1.82, 2.24) is 0 Å². The van der Waals surface area contributed by atoms with Gasteiger partial charge in [-0.3, -0.25) is 9.59 Å². The molecule has 1 amide bonds. The number of ether oxygens (including phenoxy) is 1. The summed E-state index contributed by atoms with van der Waals surface area (Å²) in [6.07, 6.45) is 1.57. The fraction of sp³-hybridized carbons (Fsp3) is 0.529. The van der Waals surface area contributed by atoms with E-state index in [1.165, 1.54) is 0 Å². The monoisotopic (exact) mass is 306 g/mol. The number of rotatable bonds is 8. The van der Waals surface area contributed by atoms with Crippen LogP contribution in [0.5, 0.6) is 0 Å². The molecule has 5 nitrogen and oxygen atoms in total. The second-order valence-corrected chi connectivity index (χ2v) is 5.33. The minimum Gasteiger partial charge on any atom is -0.466 e. The number of hydrogen-bond acceptors (Lipinski definition) is 4. The van der Waals surface area contributed by atoms with Crippen molar-refractivity contribution in [3.63, 3.8) is 0 Å². The van der Waals surface area contributed by atoms with Crippen LogP contribution in [0.2, 0.25) is 0 Å². The van der Waals surface area contributed by atoms with Gasteiger partial charge in [-0.15, -0.1) is 0 Å². The zero-order chi connectivity index (χ0) is 16.6. The average Bonchev–Trinajstić information content (AvgIpc) is 2.50. The summed E-state index contributed by atoms with van der Waals surface area (Å²) in [6.45, 7) is 6.38. The van der Waals surface area contributed by atoms with Gasteiger partial charge in [-0.1, -0.05) is 26.0 Å². The lowest BCUT2D eigenvalue weighted by Crippen LogP contribution is -2.41. The van der Waals surface area contributed by atoms with E-state index in [9.17, 15) is 9.59 Å². The molecule has 0 aromatic heterocycles. The van der Waals surface area contributed by atoms with E-state index >= 15 is 0 Å². The first-order valence-corrected chi connectivity index (χ1v) is 7.77. The Morgan fingerprint density at radius 1 is 1.23 bits per heavy atom. The summed E-state index contributed by atoms with van der Waals surface area (Å²) in [7, 11) is 0. The normalized spacial score (nSPS) is 11.1. The molecule has 22 heavy (non-hydrogen) atoms. The van der Waals surface area contributed by atoms with E-state index < -0.39 is 5.41 Å². The Labute approximate surface area is 132 Å². The summed E-state index contributed by atoms with van der Waals surface area (Å²) in [5.41, 5.74) is 6.73. The minimum absolute atomic E-state index is 0.0757. The van der Waals surface area contributed by atoms with Gasteiger partial charge in [-0.05, 0) is 37.5 Å². The number of hydrogen-bond donors (Lipinski definition) is 2. The van der Waals surface area contributed by atoms with Gasteiger partial charge in [0, 0.05) is 12.2 Å². The molecule has 0 bridgehead atoms. The van der Waals surface area contributed by atoms with Crippen molar-refractivity contribution in [2.75, 3.05) is 18.5 Å². The Kier molecular flexibility index (Phi) is 7.05. The SMILES string of the molecule is CCOC(=O)Cc1cccc(NC(=O)C(CC)(CC)CN)c1. The highest BCUT2D eigenvalue weighted by Crippen LogP contribution is 2.27. The number of carbonyl (C=O) groups excluding carboxylic acids is 2. The number of nitrogens with one attached hydrogen (secondary N) is 1. The van der Waals surface area contributed by atoms with E-state index in [4.69, 9.17) is 10.5 Å². The van der Waals surface area contributed by atoms with Crippen LogP contribution in [0.3, 0.4) is 0 Å². The number of nitrogens with two attached hydrogens (primary N) is 1. The Bertz CT molecular complexity index is 502. The van der Waals surface area contributed by atoms with Crippen molar-refractivity contribution in [3.8, 4) is 0 Å². The van der Waals surface area contributed by atoms with E-state index in [0.29, 0.717) is 31.7 Å². The van der Waals surface area contributed by atoms with Crippen molar-refractivity contribution in [1.29, 1.82) is 0 Å². The molecule has 0 saturated carbocycles. The third-order valence-corrected chi connectivity index (χ3v) is 4.06. The van der Waals surface area contributed by atoms with Crippen LogP contribution in [-0.4, -0.2) is 25.0 Å². The topological polar surface area (TPSA) is 81.4 Å². The first-order valence-electron chi connectivity index (χ1n) is 7.77. The zero-order valence-corrected chi connectivity index (χ0v) is 13.6. The van der Waals surface area contributed by atoms with E-state index in [1.54, 1.807) is 19.1 Å². The van der Waals surface area contributed by atoms with Crippen LogP contribution in [0, 0.1) is 5.41 Å². The Hall–Kier alpha value is -1.88. The lowest BCUT2D eigenvalue weighted by atomic mass is 9.81. The number of anilines is 1. The predicted molar refractivity (Wildman–Crippen MR) is 87.5 cm³/mol. The van der Waals surface area contributed by atoms with Gasteiger partial charge in [0.2, 0.25) is 5.91 Å². The Morgan fingerprint density at radius 3 is 2.45 bits per heavy atom. The van der Waals surface area contributed by atoms with Crippen molar-refractivity contribution in [2.24, 2.45) is 11.1 Å². The second kappa shape index (κ2) is 8.54. The summed E-state index contributed by atoms with van der Waals surface area (Å²) in [5, 5.41) is 2.91. The minimum atomic E-state index is -0.544. The lowest BCUT2D eigenvalue weighted by Gasteiger charge is -2.28. The second-order valence-electron chi connectivity index (χ2n) is 5.33. The van der Waals surface area contributed by atoms with Crippen LogP contribution in [0.4, 0.5) is 5.69 Å². The predicted octanol–water partition coefficient (Wildman–Crippen LogP) is 2.50. The lowest BCUT2D eigenvalue weighted by molar-refractivity contribution is -0.142. The summed E-state index contributed by atoms with van der Waals surface area (Å²) in [4.78, 5) is 24.0. The standard InChI is InChI=1S/C17H26N2O3/c1-4-17(5-2,12-18)16(21)19-14-9-7-8-13(10-14)11-15(20)22-6-3/h7-10H,4-6,11-12,18H2,1-3H3,(H,19,21). The summed E-state index contributed by atoms with van der Waals surface area (Å²) in [5.74, 6) is -0.349. The molecule has 1 aromatic carbocycles. The van der Waals surface area contributed by atoms with Crippen LogP contribution in [0.15, 0.2) is 24.3 Å². The number of esters is 1. The molecule has 0 fully saturated rings. The maximum absolute atomic E-state index is 12.5. The highest BCUT2D eigenvalue weighted by Gasteiger charge is 2.33. The molecule has 0 atom stereocenters. The number of benzene rings is 1. The molecule has 0 aliphatic carbocycles. The first kappa shape index (κ1) is 18.2. The van der Waals surface area contributed by atoms with Gasteiger partial charge in [0.1, 0.15) is 0 Å². The summed E-state index contributed by atoms with van der Waals surface area (Å²) < 4.78 is 4.93. The smallest absolute Gasteiger partial charge is 0.310 e. The van der Waals surface area contributed by atoms with Crippen molar-refractivity contribution < 1.29 is 14.3 Å². The maximum Gasteiger partial charge on any atom is 0.310 e. The first-order chi connectivity index (χ1) is 10.5. The third kappa shape index (κ3) is 4.56. The van der Waals surface area contributed by atoms with Crippen molar-refractivity contribution in [2.45, 2.75) is 40.0 Å². The van der Waals surface area contributed by atoms with Gasteiger partial charge in [0.05, 0.1) is 18.4 Å². The van der Waals surface area contributed by atoms with Gasteiger partial charge in [-0.2, -0.15) is 0 Å². The van der Waals surface area contributed by atoms with Crippen molar-refractivity contribution >= 4 is 17.6 Å². The maximum atomic E-state index is 12.5. The molecule has 0 aliphatic rings. The van der Waals surface area contributed by atoms with E-state index in [1.807, 2.05) is 26.0 Å². The van der Waals surface area contributed by atoms with Gasteiger partial charge in [0.15, 0.2) is 0 Å². The number of amides is 1.